The fourth-order valence-corrected chi connectivity index (χ4v) is 2.77. The van der Waals surface area contributed by atoms with E-state index in [0.717, 1.165) is 4.90 Å². The molecule has 1 heterocycles. The van der Waals surface area contributed by atoms with Gasteiger partial charge in [0.15, 0.2) is 0 Å². The summed E-state index contributed by atoms with van der Waals surface area (Å²) < 4.78 is 0. The predicted octanol–water partition coefficient (Wildman–Crippen LogP) is 3.12. The molecule has 20 heavy (non-hydrogen) atoms. The zero-order chi connectivity index (χ0) is 14.7. The summed E-state index contributed by atoms with van der Waals surface area (Å²) in [5, 5.41) is 1.29. The van der Waals surface area contributed by atoms with Gasteiger partial charge in [0, 0.05) is 24.0 Å². The van der Waals surface area contributed by atoms with E-state index in [0.29, 0.717) is 27.6 Å². The molecular weight excluding hydrogens is 317 g/mol. The largest absolute Gasteiger partial charge is 0.368 e. The minimum atomic E-state index is 0.205. The molecule has 2 N–H and O–H groups in total. The molecule has 0 amide bonds. The quantitative estimate of drug-likeness (QED) is 0.869. The molecule has 0 spiro atoms. The summed E-state index contributed by atoms with van der Waals surface area (Å²) in [5.41, 5.74) is 5.67. The van der Waals surface area contributed by atoms with Gasteiger partial charge >= 0.3 is 0 Å². The Bertz CT molecular complexity index is 621. The maximum Gasteiger partial charge on any atom is 0.229 e. The third-order valence-electron chi connectivity index (χ3n) is 2.34. The van der Waals surface area contributed by atoms with E-state index in [4.69, 9.17) is 28.9 Å². The van der Waals surface area contributed by atoms with Crippen LogP contribution in [-0.2, 0) is 5.75 Å². The molecule has 0 radical (unpaired) electrons. The number of nitrogens with zero attached hydrogens (tertiary/aromatic N) is 4. The number of benzene rings is 1. The van der Waals surface area contributed by atoms with E-state index in [1.165, 1.54) is 11.8 Å². The van der Waals surface area contributed by atoms with E-state index in [2.05, 4.69) is 15.0 Å². The van der Waals surface area contributed by atoms with Gasteiger partial charge in [-0.15, -0.1) is 11.8 Å². The molecule has 0 bridgehead atoms. The summed E-state index contributed by atoms with van der Waals surface area (Å²) in [6.45, 7) is 0. The molecule has 0 aliphatic heterocycles. The number of thioether (sulfide) groups is 1. The molecule has 106 valence electrons. The Kier molecular flexibility index (Phi) is 4.91. The second-order valence-corrected chi connectivity index (χ2v) is 6.03. The summed E-state index contributed by atoms with van der Waals surface area (Å²) in [4.78, 5) is 15.1. The number of rotatable bonds is 4. The normalized spacial score (nSPS) is 10.6. The van der Waals surface area contributed by atoms with Crippen molar-refractivity contribution in [2.24, 2.45) is 0 Å². The SMILES string of the molecule is CN(C)c1nc(N)nc(CSc2cc(Cl)ccc2Cl)n1. The molecule has 1 aromatic heterocycles. The van der Waals surface area contributed by atoms with Crippen molar-refractivity contribution in [2.75, 3.05) is 24.7 Å². The molecule has 2 rings (SSSR count). The minimum Gasteiger partial charge on any atom is -0.368 e. The average molecular weight is 330 g/mol. The molecular formula is C12H13Cl2N5S. The smallest absolute Gasteiger partial charge is 0.229 e. The first-order valence-corrected chi connectivity index (χ1v) is 7.45. The third-order valence-corrected chi connectivity index (χ3v) is 4.07. The fraction of sp³-hybridized carbons (Fsp3) is 0.250. The average Bonchev–Trinajstić information content (AvgIpc) is 2.39. The lowest BCUT2D eigenvalue weighted by Crippen LogP contribution is -2.15. The van der Waals surface area contributed by atoms with E-state index in [1.807, 2.05) is 20.2 Å². The van der Waals surface area contributed by atoms with E-state index in [1.54, 1.807) is 17.0 Å². The van der Waals surface area contributed by atoms with Gasteiger partial charge in [-0.05, 0) is 18.2 Å². The topological polar surface area (TPSA) is 67.9 Å². The lowest BCUT2D eigenvalue weighted by atomic mass is 10.4. The molecule has 0 aliphatic carbocycles. The molecule has 1 aromatic carbocycles. The van der Waals surface area contributed by atoms with Gasteiger partial charge in [0.1, 0.15) is 5.82 Å². The summed E-state index contributed by atoms with van der Waals surface area (Å²) >= 11 is 13.6. The van der Waals surface area contributed by atoms with Crippen LogP contribution >= 0.6 is 35.0 Å². The van der Waals surface area contributed by atoms with Crippen LogP contribution in [0.5, 0.6) is 0 Å². The lowest BCUT2D eigenvalue weighted by Gasteiger charge is -2.11. The molecule has 0 aliphatic rings. The molecule has 5 nitrogen and oxygen atoms in total. The molecule has 8 heteroatoms. The van der Waals surface area contributed by atoms with Crippen molar-refractivity contribution in [3.05, 3.63) is 34.1 Å². The monoisotopic (exact) mass is 329 g/mol. The molecule has 0 saturated carbocycles. The van der Waals surface area contributed by atoms with Crippen molar-refractivity contribution in [1.29, 1.82) is 0 Å². The number of aromatic nitrogens is 3. The van der Waals surface area contributed by atoms with Crippen LogP contribution in [0.2, 0.25) is 10.0 Å². The van der Waals surface area contributed by atoms with Crippen molar-refractivity contribution in [1.82, 2.24) is 15.0 Å². The highest BCUT2D eigenvalue weighted by Gasteiger charge is 2.08. The number of anilines is 2. The summed E-state index contributed by atoms with van der Waals surface area (Å²) in [6, 6.07) is 5.32. The zero-order valence-corrected chi connectivity index (χ0v) is 13.3. The van der Waals surface area contributed by atoms with Crippen LogP contribution in [0.25, 0.3) is 0 Å². The standard InChI is InChI=1S/C12H13Cl2N5S/c1-19(2)12-17-10(16-11(15)18-12)6-20-9-5-7(13)3-4-8(9)14/h3-5H,6H2,1-2H3,(H2,15,16,17,18). The van der Waals surface area contributed by atoms with Crippen LogP contribution in [0, 0.1) is 0 Å². The minimum absolute atomic E-state index is 0.205. The third kappa shape index (κ3) is 3.88. The summed E-state index contributed by atoms with van der Waals surface area (Å²) in [6.07, 6.45) is 0. The van der Waals surface area contributed by atoms with Crippen LogP contribution in [-0.4, -0.2) is 29.0 Å². The van der Waals surface area contributed by atoms with Gasteiger partial charge in [0.05, 0.1) is 10.8 Å². The van der Waals surface area contributed by atoms with E-state index in [-0.39, 0.29) is 5.95 Å². The van der Waals surface area contributed by atoms with Gasteiger partial charge in [-0.25, -0.2) is 0 Å². The van der Waals surface area contributed by atoms with Gasteiger partial charge in [0.25, 0.3) is 0 Å². The van der Waals surface area contributed by atoms with Gasteiger partial charge in [-0.3, -0.25) is 0 Å². The van der Waals surface area contributed by atoms with Crippen LogP contribution in [0.4, 0.5) is 11.9 Å². The highest BCUT2D eigenvalue weighted by molar-refractivity contribution is 7.98. The number of hydrogen-bond donors (Lipinski definition) is 1. The van der Waals surface area contributed by atoms with Crippen molar-refractivity contribution in [3.63, 3.8) is 0 Å². The Morgan fingerprint density at radius 3 is 2.65 bits per heavy atom. The highest BCUT2D eigenvalue weighted by atomic mass is 35.5. The second kappa shape index (κ2) is 6.47. The molecule has 0 atom stereocenters. The van der Waals surface area contributed by atoms with Gasteiger partial charge in [-0.2, -0.15) is 15.0 Å². The Morgan fingerprint density at radius 1 is 1.20 bits per heavy atom. The van der Waals surface area contributed by atoms with Gasteiger partial charge in [0.2, 0.25) is 11.9 Å². The maximum atomic E-state index is 6.11. The maximum absolute atomic E-state index is 6.11. The molecule has 0 unspecified atom stereocenters. The molecule has 0 fully saturated rings. The van der Waals surface area contributed by atoms with Crippen LogP contribution < -0.4 is 10.6 Å². The summed E-state index contributed by atoms with van der Waals surface area (Å²) in [5.74, 6) is 1.87. The van der Waals surface area contributed by atoms with Crippen LogP contribution in [0.1, 0.15) is 5.82 Å². The van der Waals surface area contributed by atoms with Crippen molar-refractivity contribution < 1.29 is 0 Å². The Labute approximate surface area is 131 Å². The molecule has 0 saturated heterocycles. The van der Waals surface area contributed by atoms with E-state index >= 15 is 0 Å². The first-order valence-electron chi connectivity index (χ1n) is 5.71. The Hall–Kier alpha value is -1.24. The fourth-order valence-electron chi connectivity index (χ4n) is 1.42. The first kappa shape index (κ1) is 15.2. The van der Waals surface area contributed by atoms with Crippen molar-refractivity contribution in [3.8, 4) is 0 Å². The van der Waals surface area contributed by atoms with Gasteiger partial charge in [-0.1, -0.05) is 23.2 Å². The van der Waals surface area contributed by atoms with E-state index < -0.39 is 0 Å². The predicted molar refractivity (Wildman–Crippen MR) is 84.6 cm³/mol. The second-order valence-electron chi connectivity index (χ2n) is 4.17. The first-order chi connectivity index (χ1) is 9.45. The summed E-state index contributed by atoms with van der Waals surface area (Å²) in [7, 11) is 3.69. The highest BCUT2D eigenvalue weighted by Crippen LogP contribution is 2.31. The van der Waals surface area contributed by atoms with Crippen molar-refractivity contribution in [2.45, 2.75) is 10.6 Å². The number of nitrogen functional groups attached to an aromatic ring is 1. The molecule has 2 aromatic rings. The van der Waals surface area contributed by atoms with Crippen LogP contribution in [0.3, 0.4) is 0 Å². The Balaban J connectivity index is 2.16. The lowest BCUT2D eigenvalue weighted by molar-refractivity contribution is 0.919. The zero-order valence-electron chi connectivity index (χ0n) is 11.0. The van der Waals surface area contributed by atoms with Gasteiger partial charge < -0.3 is 10.6 Å². The number of nitrogens with two attached hydrogens (primary N) is 1. The number of halogens is 2. The van der Waals surface area contributed by atoms with Crippen LogP contribution in [0.15, 0.2) is 23.1 Å². The van der Waals surface area contributed by atoms with E-state index in [9.17, 15) is 0 Å². The Morgan fingerprint density at radius 2 is 1.95 bits per heavy atom. The number of hydrogen-bond acceptors (Lipinski definition) is 6. The van der Waals surface area contributed by atoms with Crippen molar-refractivity contribution >= 4 is 46.9 Å².